The number of ether oxygens (including phenoxy) is 1. The second-order valence-corrected chi connectivity index (χ2v) is 7.79. The number of fused-ring (bicyclic) bond motifs is 1. The van der Waals surface area contributed by atoms with Crippen LogP contribution < -0.4 is 0 Å². The number of rotatable bonds is 7. The van der Waals surface area contributed by atoms with Gasteiger partial charge in [-0.1, -0.05) is 55.4 Å². The molecule has 0 spiro atoms. The van der Waals surface area contributed by atoms with Crippen LogP contribution in [0.2, 0.25) is 0 Å². The first kappa shape index (κ1) is 17.9. The fraction of sp³-hybridized carbons (Fsp3) is 0.316. The predicted octanol–water partition coefficient (Wildman–Crippen LogP) is 5.10. The van der Waals surface area contributed by atoms with Crippen molar-refractivity contribution < 1.29 is 9.53 Å². The van der Waals surface area contributed by atoms with Gasteiger partial charge in [0.05, 0.1) is 17.7 Å². The molecule has 2 heterocycles. The molecule has 0 bridgehead atoms. The van der Waals surface area contributed by atoms with Crippen molar-refractivity contribution >= 4 is 39.3 Å². The number of aryl methyl sites for hydroxylation is 1. The first-order valence-electron chi connectivity index (χ1n) is 8.28. The highest BCUT2D eigenvalue weighted by molar-refractivity contribution is 8.00. The molecule has 1 aromatic carbocycles. The Bertz CT molecular complexity index is 862. The maximum atomic E-state index is 11.9. The fourth-order valence-corrected chi connectivity index (χ4v) is 4.46. The van der Waals surface area contributed by atoms with Crippen LogP contribution >= 0.6 is 23.1 Å². The Labute approximate surface area is 155 Å². The quantitative estimate of drug-likeness (QED) is 0.250. The number of hydrogen-bond donors (Lipinski definition) is 0. The SMILES string of the molecule is CCCCOC(=O)CSc1ncnc2sc(C)c(-c3ccccc3)c12. The molecule has 0 saturated carbocycles. The average Bonchev–Trinajstić information content (AvgIpc) is 2.97. The van der Waals surface area contributed by atoms with E-state index in [1.807, 2.05) is 18.2 Å². The zero-order chi connectivity index (χ0) is 17.6. The van der Waals surface area contributed by atoms with Gasteiger partial charge in [0.1, 0.15) is 16.2 Å². The zero-order valence-corrected chi connectivity index (χ0v) is 16.0. The summed E-state index contributed by atoms with van der Waals surface area (Å²) in [5, 5.41) is 1.86. The summed E-state index contributed by atoms with van der Waals surface area (Å²) in [6, 6.07) is 10.2. The third-order valence-corrected chi connectivity index (χ3v) is 5.76. The van der Waals surface area contributed by atoms with E-state index in [1.165, 1.54) is 16.6 Å². The number of hydrogen-bond acceptors (Lipinski definition) is 6. The molecule has 0 unspecified atom stereocenters. The smallest absolute Gasteiger partial charge is 0.316 e. The Kier molecular flexibility index (Phi) is 6.04. The molecule has 25 heavy (non-hydrogen) atoms. The van der Waals surface area contributed by atoms with Crippen molar-refractivity contribution in [2.75, 3.05) is 12.4 Å². The molecule has 0 aliphatic heterocycles. The Morgan fingerprint density at radius 2 is 2.04 bits per heavy atom. The molecule has 0 amide bonds. The summed E-state index contributed by atoms with van der Waals surface area (Å²) in [5.41, 5.74) is 2.30. The zero-order valence-electron chi connectivity index (χ0n) is 14.3. The Hall–Kier alpha value is -1.92. The topological polar surface area (TPSA) is 52.1 Å². The third-order valence-electron chi connectivity index (χ3n) is 3.78. The first-order chi connectivity index (χ1) is 12.2. The molecule has 6 heteroatoms. The minimum absolute atomic E-state index is 0.196. The van der Waals surface area contributed by atoms with Gasteiger partial charge in [-0.2, -0.15) is 0 Å². The number of thioether (sulfide) groups is 1. The highest BCUT2D eigenvalue weighted by Crippen LogP contribution is 2.41. The van der Waals surface area contributed by atoms with Gasteiger partial charge in [-0.25, -0.2) is 9.97 Å². The van der Waals surface area contributed by atoms with Gasteiger partial charge in [-0.15, -0.1) is 11.3 Å². The van der Waals surface area contributed by atoms with Crippen LogP contribution in [0.1, 0.15) is 24.6 Å². The summed E-state index contributed by atoms with van der Waals surface area (Å²) in [6.07, 6.45) is 3.48. The molecule has 0 aliphatic carbocycles. The van der Waals surface area contributed by atoms with Gasteiger partial charge in [0.25, 0.3) is 0 Å². The average molecular weight is 373 g/mol. The van der Waals surface area contributed by atoms with E-state index in [2.05, 4.69) is 35.9 Å². The lowest BCUT2D eigenvalue weighted by atomic mass is 10.0. The molecule has 0 radical (unpaired) electrons. The minimum atomic E-state index is -0.196. The van der Waals surface area contributed by atoms with Crippen molar-refractivity contribution in [1.82, 2.24) is 9.97 Å². The van der Waals surface area contributed by atoms with Crippen LogP contribution in [0.4, 0.5) is 0 Å². The number of benzene rings is 1. The molecule has 3 aromatic rings. The van der Waals surface area contributed by atoms with E-state index in [-0.39, 0.29) is 11.7 Å². The van der Waals surface area contributed by atoms with Crippen LogP contribution in [0.15, 0.2) is 41.7 Å². The molecule has 0 fully saturated rings. The molecular weight excluding hydrogens is 352 g/mol. The number of aromatic nitrogens is 2. The van der Waals surface area contributed by atoms with E-state index in [0.29, 0.717) is 6.61 Å². The lowest BCUT2D eigenvalue weighted by molar-refractivity contribution is -0.140. The normalized spacial score (nSPS) is 11.0. The second kappa shape index (κ2) is 8.45. The van der Waals surface area contributed by atoms with E-state index in [0.717, 1.165) is 39.2 Å². The lowest BCUT2D eigenvalue weighted by Crippen LogP contribution is -2.08. The van der Waals surface area contributed by atoms with Gasteiger partial charge in [-0.05, 0) is 18.9 Å². The summed E-state index contributed by atoms with van der Waals surface area (Å²) in [4.78, 5) is 22.9. The molecule has 2 aromatic heterocycles. The van der Waals surface area contributed by atoms with E-state index in [9.17, 15) is 4.79 Å². The number of esters is 1. The molecule has 4 nitrogen and oxygen atoms in total. The van der Waals surface area contributed by atoms with Crippen molar-refractivity contribution in [3.63, 3.8) is 0 Å². The van der Waals surface area contributed by atoms with Crippen molar-refractivity contribution in [1.29, 1.82) is 0 Å². The standard InChI is InChI=1S/C19H20N2O2S2/c1-3-4-10-23-15(22)11-24-18-17-16(14-8-6-5-7-9-14)13(2)25-19(17)21-12-20-18/h5-9,12H,3-4,10-11H2,1-2H3. The van der Waals surface area contributed by atoms with Gasteiger partial charge in [0.15, 0.2) is 0 Å². The molecule has 0 saturated heterocycles. The summed E-state index contributed by atoms with van der Waals surface area (Å²) < 4.78 is 5.24. The number of unbranched alkanes of at least 4 members (excludes halogenated alkanes) is 1. The summed E-state index contributed by atoms with van der Waals surface area (Å²) in [5.74, 6) is 0.0669. The van der Waals surface area contributed by atoms with Gasteiger partial charge in [-0.3, -0.25) is 4.79 Å². The molecular formula is C19H20N2O2S2. The van der Waals surface area contributed by atoms with Crippen LogP contribution in [0.3, 0.4) is 0 Å². The van der Waals surface area contributed by atoms with E-state index in [1.54, 1.807) is 17.7 Å². The largest absolute Gasteiger partial charge is 0.465 e. The second-order valence-electron chi connectivity index (χ2n) is 5.62. The minimum Gasteiger partial charge on any atom is -0.465 e. The highest BCUT2D eigenvalue weighted by Gasteiger charge is 2.17. The van der Waals surface area contributed by atoms with Crippen LogP contribution in [0.5, 0.6) is 0 Å². The molecule has 3 rings (SSSR count). The lowest BCUT2D eigenvalue weighted by Gasteiger charge is -2.06. The summed E-state index contributed by atoms with van der Waals surface area (Å²) in [6.45, 7) is 4.66. The van der Waals surface area contributed by atoms with Crippen LogP contribution in [-0.4, -0.2) is 28.3 Å². The van der Waals surface area contributed by atoms with E-state index >= 15 is 0 Å². The van der Waals surface area contributed by atoms with Crippen LogP contribution in [0.25, 0.3) is 21.3 Å². The highest BCUT2D eigenvalue weighted by atomic mass is 32.2. The predicted molar refractivity (Wildman–Crippen MR) is 104 cm³/mol. The third kappa shape index (κ3) is 4.19. The van der Waals surface area contributed by atoms with Crippen molar-refractivity contribution in [3.8, 4) is 11.1 Å². The summed E-state index contributed by atoms with van der Waals surface area (Å²) in [7, 11) is 0. The number of thiophene rings is 1. The number of carbonyl (C=O) groups excluding carboxylic acids is 1. The Balaban J connectivity index is 1.88. The fourth-order valence-electron chi connectivity index (χ4n) is 2.58. The van der Waals surface area contributed by atoms with Gasteiger partial charge < -0.3 is 4.74 Å². The molecule has 0 atom stereocenters. The number of nitrogens with zero attached hydrogens (tertiary/aromatic N) is 2. The van der Waals surface area contributed by atoms with Crippen molar-refractivity contribution in [2.24, 2.45) is 0 Å². The van der Waals surface area contributed by atoms with Gasteiger partial charge >= 0.3 is 5.97 Å². The van der Waals surface area contributed by atoms with Crippen molar-refractivity contribution in [3.05, 3.63) is 41.5 Å². The maximum Gasteiger partial charge on any atom is 0.316 e. The Morgan fingerprint density at radius 3 is 2.80 bits per heavy atom. The van der Waals surface area contributed by atoms with Gasteiger partial charge in [0, 0.05) is 10.4 Å². The van der Waals surface area contributed by atoms with Crippen LogP contribution in [0, 0.1) is 6.92 Å². The van der Waals surface area contributed by atoms with Crippen molar-refractivity contribution in [2.45, 2.75) is 31.7 Å². The monoisotopic (exact) mass is 372 g/mol. The molecule has 0 aliphatic rings. The Morgan fingerprint density at radius 1 is 1.24 bits per heavy atom. The first-order valence-corrected chi connectivity index (χ1v) is 10.1. The molecule has 0 N–H and O–H groups in total. The van der Waals surface area contributed by atoms with Crippen LogP contribution in [-0.2, 0) is 9.53 Å². The maximum absolute atomic E-state index is 11.9. The van der Waals surface area contributed by atoms with Gasteiger partial charge in [0.2, 0.25) is 0 Å². The van der Waals surface area contributed by atoms with E-state index < -0.39 is 0 Å². The summed E-state index contributed by atoms with van der Waals surface area (Å²) >= 11 is 3.08. The molecule has 130 valence electrons. The van der Waals surface area contributed by atoms with E-state index in [4.69, 9.17) is 4.74 Å². The number of carbonyl (C=O) groups is 1.